The lowest BCUT2D eigenvalue weighted by molar-refractivity contribution is -0.123. The fourth-order valence-corrected chi connectivity index (χ4v) is 7.61. The molecular weight excluding hydrogens is 298 g/mol. The summed E-state index contributed by atoms with van der Waals surface area (Å²) >= 11 is 0. The maximum Gasteiger partial charge on any atom is 0.212 e. The van der Waals surface area contributed by atoms with Crippen LogP contribution < -0.4 is 4.72 Å². The Balaban J connectivity index is 1.44. The van der Waals surface area contributed by atoms with Crippen LogP contribution in [-0.4, -0.2) is 32.9 Å². The van der Waals surface area contributed by atoms with Crippen LogP contribution in [0.3, 0.4) is 0 Å². The molecule has 0 unspecified atom stereocenters. The minimum absolute atomic E-state index is 0.126. The molecule has 0 aromatic rings. The van der Waals surface area contributed by atoms with Gasteiger partial charge in [0, 0.05) is 24.0 Å². The van der Waals surface area contributed by atoms with Crippen LogP contribution >= 0.6 is 0 Å². The maximum atomic E-state index is 12.7. The molecule has 1 spiro atoms. The van der Waals surface area contributed by atoms with Crippen molar-refractivity contribution < 1.29 is 13.2 Å². The van der Waals surface area contributed by atoms with Crippen LogP contribution in [0, 0.1) is 17.3 Å². The van der Waals surface area contributed by atoms with Gasteiger partial charge in [0.1, 0.15) is 0 Å². The summed E-state index contributed by atoms with van der Waals surface area (Å²) in [6.45, 7) is 0.817. The molecular formula is C17H29NO3S. The van der Waals surface area contributed by atoms with Gasteiger partial charge in [0.15, 0.2) is 0 Å². The lowest BCUT2D eigenvalue weighted by atomic mass is 9.55. The van der Waals surface area contributed by atoms with Crippen LogP contribution in [0.5, 0.6) is 0 Å². The summed E-state index contributed by atoms with van der Waals surface area (Å²) < 4.78 is 34.4. The smallest absolute Gasteiger partial charge is 0.212 e. The van der Waals surface area contributed by atoms with Gasteiger partial charge in [0.2, 0.25) is 10.0 Å². The normalized spacial score (nSPS) is 38.1. The Bertz CT molecular complexity index is 506. The molecule has 0 bridgehead atoms. The summed E-state index contributed by atoms with van der Waals surface area (Å²) in [5, 5.41) is 0. The molecule has 1 aliphatic heterocycles. The molecule has 0 aromatic carbocycles. The van der Waals surface area contributed by atoms with Crippen molar-refractivity contribution in [3.63, 3.8) is 0 Å². The number of fused-ring (bicyclic) bond motifs is 2. The van der Waals surface area contributed by atoms with Crippen molar-refractivity contribution in [1.82, 2.24) is 4.72 Å². The minimum Gasteiger partial charge on any atom is -0.377 e. The number of ether oxygens (including phenoxy) is 1. The Morgan fingerprint density at radius 1 is 1.00 bits per heavy atom. The van der Waals surface area contributed by atoms with Gasteiger partial charge < -0.3 is 4.74 Å². The molecule has 3 atom stereocenters. The zero-order valence-electron chi connectivity index (χ0n) is 13.4. The topological polar surface area (TPSA) is 55.4 Å². The van der Waals surface area contributed by atoms with Crippen molar-refractivity contribution in [2.45, 2.75) is 76.4 Å². The van der Waals surface area contributed by atoms with E-state index in [1.54, 1.807) is 0 Å². The van der Waals surface area contributed by atoms with Gasteiger partial charge in [0.25, 0.3) is 0 Å². The molecule has 4 fully saturated rings. The van der Waals surface area contributed by atoms with Gasteiger partial charge in [0.05, 0.1) is 11.9 Å². The quantitative estimate of drug-likeness (QED) is 0.864. The van der Waals surface area contributed by atoms with E-state index in [2.05, 4.69) is 4.72 Å². The van der Waals surface area contributed by atoms with Gasteiger partial charge in [-0.2, -0.15) is 0 Å². The molecule has 4 nitrogen and oxygen atoms in total. The van der Waals surface area contributed by atoms with E-state index in [0.717, 1.165) is 38.7 Å². The maximum absolute atomic E-state index is 12.7. The van der Waals surface area contributed by atoms with Gasteiger partial charge in [-0.3, -0.25) is 0 Å². The van der Waals surface area contributed by atoms with Crippen molar-refractivity contribution in [3.8, 4) is 0 Å². The third-order valence-corrected chi connectivity index (χ3v) is 8.30. The van der Waals surface area contributed by atoms with E-state index in [1.165, 1.54) is 32.1 Å². The predicted octanol–water partition coefficient (Wildman–Crippen LogP) is 2.83. The number of sulfonamides is 1. The fraction of sp³-hybridized carbons (Fsp3) is 1.00. The SMILES string of the molecule is O=S(=O)(CC1CCCCC1)N[C@@H]1[C@H]2CCO[C@@H]2C12CCCC2. The highest BCUT2D eigenvalue weighted by Crippen LogP contribution is 2.60. The van der Waals surface area contributed by atoms with Crippen LogP contribution in [-0.2, 0) is 14.8 Å². The molecule has 0 radical (unpaired) electrons. The van der Waals surface area contributed by atoms with Crippen LogP contribution in [0.2, 0.25) is 0 Å². The monoisotopic (exact) mass is 327 g/mol. The third-order valence-electron chi connectivity index (χ3n) is 6.77. The van der Waals surface area contributed by atoms with Gasteiger partial charge in [-0.25, -0.2) is 13.1 Å². The zero-order chi connectivity index (χ0) is 15.2. The molecule has 1 N–H and O–H groups in total. The average molecular weight is 327 g/mol. The van der Waals surface area contributed by atoms with Gasteiger partial charge in [-0.1, -0.05) is 32.1 Å². The van der Waals surface area contributed by atoms with E-state index in [0.29, 0.717) is 23.7 Å². The van der Waals surface area contributed by atoms with Crippen molar-refractivity contribution in [1.29, 1.82) is 0 Å². The first-order valence-corrected chi connectivity index (χ1v) is 10.9. The lowest BCUT2D eigenvalue weighted by Crippen LogP contribution is -2.68. The molecule has 3 saturated carbocycles. The molecule has 1 saturated heterocycles. The summed E-state index contributed by atoms with van der Waals surface area (Å²) in [4.78, 5) is 0. The Morgan fingerprint density at radius 2 is 1.73 bits per heavy atom. The van der Waals surface area contributed by atoms with Crippen molar-refractivity contribution in [3.05, 3.63) is 0 Å². The molecule has 4 aliphatic rings. The van der Waals surface area contributed by atoms with Gasteiger partial charge in [-0.05, 0) is 38.0 Å². The molecule has 22 heavy (non-hydrogen) atoms. The van der Waals surface area contributed by atoms with Crippen LogP contribution in [0.25, 0.3) is 0 Å². The predicted molar refractivity (Wildman–Crippen MR) is 86.0 cm³/mol. The lowest BCUT2D eigenvalue weighted by Gasteiger charge is -2.56. The van der Waals surface area contributed by atoms with Crippen LogP contribution in [0.15, 0.2) is 0 Å². The summed E-state index contributed by atoms with van der Waals surface area (Å²) in [6.07, 6.45) is 12.0. The van der Waals surface area contributed by atoms with Crippen molar-refractivity contribution >= 4 is 10.0 Å². The summed E-state index contributed by atoms with van der Waals surface area (Å²) in [5.41, 5.74) is 0.126. The highest BCUT2D eigenvalue weighted by molar-refractivity contribution is 7.89. The molecule has 0 amide bonds. The van der Waals surface area contributed by atoms with E-state index in [-0.39, 0.29) is 11.5 Å². The average Bonchev–Trinajstić information content (AvgIpc) is 3.14. The van der Waals surface area contributed by atoms with Crippen molar-refractivity contribution in [2.24, 2.45) is 17.3 Å². The highest BCUT2D eigenvalue weighted by atomic mass is 32.2. The summed E-state index contributed by atoms with van der Waals surface area (Å²) in [6, 6.07) is 0.149. The van der Waals surface area contributed by atoms with E-state index in [1.807, 2.05) is 0 Å². The van der Waals surface area contributed by atoms with E-state index in [4.69, 9.17) is 4.74 Å². The number of nitrogens with one attached hydrogen (secondary N) is 1. The van der Waals surface area contributed by atoms with E-state index < -0.39 is 10.0 Å². The Labute approximate surface area is 134 Å². The van der Waals surface area contributed by atoms with E-state index in [9.17, 15) is 8.42 Å². The van der Waals surface area contributed by atoms with E-state index >= 15 is 0 Å². The van der Waals surface area contributed by atoms with Crippen LogP contribution in [0.4, 0.5) is 0 Å². The highest BCUT2D eigenvalue weighted by Gasteiger charge is 2.65. The summed E-state index contributed by atoms with van der Waals surface area (Å²) in [5.74, 6) is 1.15. The molecule has 1 heterocycles. The molecule has 0 aromatic heterocycles. The second-order valence-electron chi connectivity index (χ2n) is 8.07. The van der Waals surface area contributed by atoms with Gasteiger partial charge in [-0.15, -0.1) is 0 Å². The van der Waals surface area contributed by atoms with Crippen LogP contribution in [0.1, 0.15) is 64.2 Å². The zero-order valence-corrected chi connectivity index (χ0v) is 14.2. The third kappa shape index (κ3) is 2.53. The molecule has 126 valence electrons. The molecule has 4 rings (SSSR count). The number of rotatable bonds is 4. The number of hydrogen-bond acceptors (Lipinski definition) is 3. The Kier molecular flexibility index (Phi) is 4.02. The standard InChI is InChI=1S/C17H29NO3S/c19-22(20,12-13-6-2-1-3-7-13)18-15-14-8-11-21-16(14)17(15)9-4-5-10-17/h13-16,18H,1-12H2/t14-,15-,16+/m1/s1. The first kappa shape index (κ1) is 15.4. The minimum atomic E-state index is -3.15. The number of hydrogen-bond donors (Lipinski definition) is 1. The Hall–Kier alpha value is -0.130. The van der Waals surface area contributed by atoms with Crippen molar-refractivity contribution in [2.75, 3.05) is 12.4 Å². The first-order valence-electron chi connectivity index (χ1n) is 9.22. The second kappa shape index (κ2) is 5.75. The fourth-order valence-electron chi connectivity index (χ4n) is 5.76. The first-order chi connectivity index (χ1) is 10.6. The molecule has 3 aliphatic carbocycles. The molecule has 5 heteroatoms. The largest absolute Gasteiger partial charge is 0.377 e. The summed E-state index contributed by atoms with van der Waals surface area (Å²) in [7, 11) is -3.15. The Morgan fingerprint density at radius 3 is 2.45 bits per heavy atom. The van der Waals surface area contributed by atoms with Gasteiger partial charge >= 0.3 is 0 Å². The second-order valence-corrected chi connectivity index (χ2v) is 9.86.